The van der Waals surface area contributed by atoms with E-state index in [1.54, 1.807) is 11.3 Å². The van der Waals surface area contributed by atoms with Gasteiger partial charge in [-0.25, -0.2) is 4.98 Å². The molecule has 0 radical (unpaired) electrons. The van der Waals surface area contributed by atoms with Crippen LogP contribution in [0.2, 0.25) is 0 Å². The molecule has 0 bridgehead atoms. The summed E-state index contributed by atoms with van der Waals surface area (Å²) in [5.74, 6) is 0.657. The zero-order chi connectivity index (χ0) is 17.6. The third-order valence-corrected chi connectivity index (χ3v) is 4.60. The number of rotatable bonds is 6. The van der Waals surface area contributed by atoms with Gasteiger partial charge in [-0.05, 0) is 20.3 Å². The molecule has 25 heavy (non-hydrogen) atoms. The number of hydrogen-bond acceptors (Lipinski definition) is 4. The number of nitrogens with zero attached hydrogens (tertiary/aromatic N) is 3. The molecule has 0 aliphatic carbocycles. The Balaban J connectivity index is 0.00000312. The molecule has 2 N–H and O–H groups in total. The van der Waals surface area contributed by atoms with Crippen LogP contribution in [0.4, 0.5) is 13.2 Å². The molecular weight excluding hydrogens is 466 g/mol. The minimum absolute atomic E-state index is 0. The second kappa shape index (κ2) is 10.5. The minimum Gasteiger partial charge on any atom is -0.357 e. The zero-order valence-electron chi connectivity index (χ0n) is 14.4. The second-order valence-corrected chi connectivity index (χ2v) is 7.17. The van der Waals surface area contributed by atoms with Crippen molar-refractivity contribution >= 4 is 41.3 Å². The summed E-state index contributed by atoms with van der Waals surface area (Å²) in [7, 11) is 0. The van der Waals surface area contributed by atoms with Gasteiger partial charge in [0.25, 0.3) is 0 Å². The van der Waals surface area contributed by atoms with Crippen LogP contribution in [0, 0.1) is 6.92 Å². The molecule has 0 aromatic carbocycles. The van der Waals surface area contributed by atoms with Gasteiger partial charge in [-0.3, -0.25) is 9.89 Å². The summed E-state index contributed by atoms with van der Waals surface area (Å²) in [6.07, 6.45) is -0.841. The Labute approximate surface area is 167 Å². The second-order valence-electron chi connectivity index (χ2n) is 5.86. The normalized spacial score (nSPS) is 18.9. The van der Waals surface area contributed by atoms with Gasteiger partial charge >= 0.3 is 6.18 Å². The molecule has 1 unspecified atom stereocenters. The van der Waals surface area contributed by atoms with Crippen molar-refractivity contribution in [3.05, 3.63) is 16.1 Å². The van der Waals surface area contributed by atoms with Crippen molar-refractivity contribution in [2.45, 2.75) is 38.9 Å². The lowest BCUT2D eigenvalue weighted by Gasteiger charge is -2.19. The van der Waals surface area contributed by atoms with E-state index >= 15 is 0 Å². The van der Waals surface area contributed by atoms with Gasteiger partial charge in [-0.1, -0.05) is 0 Å². The molecule has 1 saturated heterocycles. The average molecular weight is 491 g/mol. The van der Waals surface area contributed by atoms with Crippen molar-refractivity contribution in [1.82, 2.24) is 20.5 Å². The van der Waals surface area contributed by atoms with Crippen LogP contribution in [0.15, 0.2) is 11.2 Å². The summed E-state index contributed by atoms with van der Waals surface area (Å²) in [4.78, 5) is 11.4. The van der Waals surface area contributed by atoms with Crippen LogP contribution < -0.4 is 10.6 Å². The summed E-state index contributed by atoms with van der Waals surface area (Å²) in [6.45, 7) is 5.28. The maximum Gasteiger partial charge on any atom is 0.401 e. The Kier molecular flexibility index (Phi) is 9.43. The Morgan fingerprint density at radius 1 is 1.48 bits per heavy atom. The molecule has 144 valence electrons. The van der Waals surface area contributed by atoms with Gasteiger partial charge in [-0.2, -0.15) is 13.2 Å². The molecule has 2 rings (SSSR count). The number of aromatic nitrogens is 1. The summed E-state index contributed by atoms with van der Waals surface area (Å²) in [6, 6.07) is -0.00717. The molecule has 1 aliphatic rings. The highest BCUT2D eigenvalue weighted by atomic mass is 127. The van der Waals surface area contributed by atoms with Crippen molar-refractivity contribution in [3.8, 4) is 0 Å². The molecule has 0 saturated carbocycles. The van der Waals surface area contributed by atoms with Crippen molar-refractivity contribution in [2.75, 3.05) is 32.7 Å². The Morgan fingerprint density at radius 3 is 2.84 bits per heavy atom. The van der Waals surface area contributed by atoms with E-state index in [1.165, 1.54) is 9.78 Å². The Hall–Kier alpha value is -0.620. The molecule has 1 aromatic rings. The van der Waals surface area contributed by atoms with Crippen LogP contribution >= 0.6 is 35.3 Å². The smallest absolute Gasteiger partial charge is 0.357 e. The van der Waals surface area contributed by atoms with Gasteiger partial charge in [0.2, 0.25) is 0 Å². The predicted molar refractivity (Wildman–Crippen MR) is 106 cm³/mol. The number of halogens is 4. The van der Waals surface area contributed by atoms with Gasteiger partial charge < -0.3 is 10.6 Å². The third-order valence-electron chi connectivity index (χ3n) is 3.63. The molecule has 1 atom stereocenters. The van der Waals surface area contributed by atoms with Crippen molar-refractivity contribution in [2.24, 2.45) is 4.99 Å². The molecule has 0 spiro atoms. The number of guanidine groups is 1. The Bertz CT molecular complexity index is 550. The number of aliphatic imine (C=N–C) groups is 1. The number of hydrogen-bond donors (Lipinski definition) is 2. The van der Waals surface area contributed by atoms with Crippen molar-refractivity contribution in [3.63, 3.8) is 0 Å². The van der Waals surface area contributed by atoms with E-state index in [9.17, 15) is 13.2 Å². The van der Waals surface area contributed by atoms with Gasteiger partial charge in [0.1, 0.15) is 0 Å². The molecule has 10 heteroatoms. The summed E-state index contributed by atoms with van der Waals surface area (Å²) in [5.41, 5.74) is 0. The quantitative estimate of drug-likeness (QED) is 0.365. The first kappa shape index (κ1) is 22.4. The predicted octanol–water partition coefficient (Wildman–Crippen LogP) is 2.80. The zero-order valence-corrected chi connectivity index (χ0v) is 17.5. The number of alkyl halides is 3. The molecule has 0 amide bonds. The minimum atomic E-state index is -4.14. The third kappa shape index (κ3) is 8.54. The van der Waals surface area contributed by atoms with Crippen LogP contribution in [-0.4, -0.2) is 60.8 Å². The molecule has 1 aromatic heterocycles. The standard InChI is InChI=1S/C15H24F3N5S.HI/c1-3-19-14(20-6-4-13-21-8-11(2)24-13)22-12-5-7-23(9-12)10-15(16,17)18;/h8,12H,3-7,9-10H2,1-2H3,(H2,19,20,22);1H. The van der Waals surface area contributed by atoms with E-state index < -0.39 is 12.7 Å². The van der Waals surface area contributed by atoms with Crippen LogP contribution in [0.5, 0.6) is 0 Å². The largest absolute Gasteiger partial charge is 0.401 e. The van der Waals surface area contributed by atoms with Gasteiger partial charge in [0, 0.05) is 49.7 Å². The first-order valence-corrected chi connectivity index (χ1v) is 8.92. The summed E-state index contributed by atoms with van der Waals surface area (Å²) >= 11 is 1.66. The summed E-state index contributed by atoms with van der Waals surface area (Å²) < 4.78 is 37.3. The van der Waals surface area contributed by atoms with Crippen molar-refractivity contribution < 1.29 is 13.2 Å². The van der Waals surface area contributed by atoms with Gasteiger partial charge in [0.15, 0.2) is 5.96 Å². The van der Waals surface area contributed by atoms with E-state index in [0.717, 1.165) is 11.4 Å². The van der Waals surface area contributed by atoms with E-state index in [1.807, 2.05) is 20.0 Å². The fourth-order valence-electron chi connectivity index (χ4n) is 2.64. The van der Waals surface area contributed by atoms with Crippen molar-refractivity contribution in [1.29, 1.82) is 0 Å². The summed E-state index contributed by atoms with van der Waals surface area (Å²) in [5, 5.41) is 7.43. The van der Waals surface area contributed by atoms with Gasteiger partial charge in [-0.15, -0.1) is 35.3 Å². The monoisotopic (exact) mass is 491 g/mol. The maximum absolute atomic E-state index is 12.4. The molecule has 2 heterocycles. The molecule has 5 nitrogen and oxygen atoms in total. The highest BCUT2D eigenvalue weighted by molar-refractivity contribution is 14.0. The van der Waals surface area contributed by atoms with Crippen LogP contribution in [0.25, 0.3) is 0 Å². The topological polar surface area (TPSA) is 52.6 Å². The lowest BCUT2D eigenvalue weighted by Crippen LogP contribution is -2.45. The fourth-order valence-corrected chi connectivity index (χ4v) is 3.42. The van der Waals surface area contributed by atoms with E-state index in [4.69, 9.17) is 0 Å². The average Bonchev–Trinajstić information content (AvgIpc) is 3.07. The first-order chi connectivity index (χ1) is 11.4. The lowest BCUT2D eigenvalue weighted by molar-refractivity contribution is -0.143. The highest BCUT2D eigenvalue weighted by Gasteiger charge is 2.34. The molecule has 1 aliphatic heterocycles. The van der Waals surface area contributed by atoms with E-state index in [2.05, 4.69) is 20.6 Å². The van der Waals surface area contributed by atoms with E-state index in [-0.39, 0.29) is 30.0 Å². The highest BCUT2D eigenvalue weighted by Crippen LogP contribution is 2.19. The van der Waals surface area contributed by atoms with Crippen LogP contribution in [0.1, 0.15) is 23.2 Å². The number of thiazole rings is 1. The lowest BCUT2D eigenvalue weighted by atomic mass is 10.3. The molecule has 1 fully saturated rings. The van der Waals surface area contributed by atoms with Crippen LogP contribution in [-0.2, 0) is 6.42 Å². The Morgan fingerprint density at radius 2 is 2.24 bits per heavy atom. The SMILES string of the molecule is CCNC(=NCCc1ncc(C)s1)NC1CCN(CC(F)(F)F)C1.I. The first-order valence-electron chi connectivity index (χ1n) is 8.11. The number of likely N-dealkylation sites (tertiary alicyclic amines) is 1. The van der Waals surface area contributed by atoms with Crippen LogP contribution in [0.3, 0.4) is 0 Å². The maximum atomic E-state index is 12.4. The van der Waals surface area contributed by atoms with Gasteiger partial charge in [0.05, 0.1) is 11.6 Å². The van der Waals surface area contributed by atoms with E-state index in [0.29, 0.717) is 38.6 Å². The number of aryl methyl sites for hydroxylation is 1. The number of nitrogens with one attached hydrogen (secondary N) is 2. The fraction of sp³-hybridized carbons (Fsp3) is 0.733. The molecular formula is C15H25F3IN5S.